The molecular formula is C20H29N4OS+. The highest BCUT2D eigenvalue weighted by atomic mass is 32.1. The lowest BCUT2D eigenvalue weighted by atomic mass is 10.0. The third-order valence-electron chi connectivity index (χ3n) is 6.27. The maximum Gasteiger partial charge on any atom is 0.187 e. The molecule has 0 radical (unpaired) electrons. The van der Waals surface area contributed by atoms with Crippen LogP contribution < -0.4 is 9.80 Å². The van der Waals surface area contributed by atoms with Gasteiger partial charge in [0.15, 0.2) is 5.82 Å². The van der Waals surface area contributed by atoms with Gasteiger partial charge in [-0.15, -0.1) is 11.3 Å². The number of hydrogen-bond acceptors (Lipinski definition) is 5. The predicted octanol–water partition coefficient (Wildman–Crippen LogP) is 1.97. The zero-order valence-corrected chi connectivity index (χ0v) is 16.5. The third-order valence-corrected chi connectivity index (χ3v) is 7.46. The Bertz CT molecular complexity index is 799. The molecule has 0 unspecified atom stereocenters. The van der Waals surface area contributed by atoms with Crippen molar-refractivity contribution >= 4 is 27.4 Å². The van der Waals surface area contributed by atoms with Crippen molar-refractivity contribution in [2.45, 2.75) is 58.0 Å². The molecule has 1 N–H and O–H groups in total. The summed E-state index contributed by atoms with van der Waals surface area (Å²) in [7, 11) is 0. The molecule has 0 bridgehead atoms. The smallest absolute Gasteiger partial charge is 0.187 e. The molecule has 0 spiro atoms. The molecule has 1 atom stereocenters. The molecule has 2 aliphatic heterocycles. The van der Waals surface area contributed by atoms with E-state index < -0.39 is 0 Å². The second-order valence-electron chi connectivity index (χ2n) is 8.08. The summed E-state index contributed by atoms with van der Waals surface area (Å²) in [5.74, 6) is 2.27. The topological polar surface area (TPSA) is 42.7 Å². The van der Waals surface area contributed by atoms with Gasteiger partial charge in [0.25, 0.3) is 0 Å². The summed E-state index contributed by atoms with van der Waals surface area (Å²) in [5.41, 5.74) is 1.56. The summed E-state index contributed by atoms with van der Waals surface area (Å²) in [6.07, 6.45) is 7.65. The van der Waals surface area contributed by atoms with Crippen molar-refractivity contribution in [1.29, 1.82) is 0 Å². The highest BCUT2D eigenvalue weighted by Crippen LogP contribution is 2.41. The second-order valence-corrected chi connectivity index (χ2v) is 9.16. The van der Waals surface area contributed by atoms with Crippen LogP contribution in [-0.4, -0.2) is 48.9 Å². The molecule has 26 heavy (non-hydrogen) atoms. The van der Waals surface area contributed by atoms with Crippen LogP contribution in [0.5, 0.6) is 0 Å². The Balaban J connectivity index is 1.57. The molecule has 2 fully saturated rings. The maximum atomic E-state index is 5.51. The molecule has 4 heterocycles. The van der Waals surface area contributed by atoms with E-state index in [1.165, 1.54) is 54.6 Å². The molecule has 6 heteroatoms. The molecule has 2 aromatic heterocycles. The van der Waals surface area contributed by atoms with E-state index in [0.29, 0.717) is 6.04 Å². The van der Waals surface area contributed by atoms with Crippen molar-refractivity contribution < 1.29 is 9.64 Å². The molecular weight excluding hydrogens is 344 g/mol. The van der Waals surface area contributed by atoms with Gasteiger partial charge in [-0.3, -0.25) is 0 Å². The molecule has 3 aliphatic rings. The lowest BCUT2D eigenvalue weighted by Crippen LogP contribution is -3.12. The number of morpholine rings is 1. The average Bonchev–Trinajstić information content (AvgIpc) is 3.23. The highest BCUT2D eigenvalue weighted by molar-refractivity contribution is 7.19. The van der Waals surface area contributed by atoms with Gasteiger partial charge in [-0.2, -0.15) is 0 Å². The fourth-order valence-corrected chi connectivity index (χ4v) is 6.05. The Morgan fingerprint density at radius 2 is 2.04 bits per heavy atom. The van der Waals surface area contributed by atoms with Crippen LogP contribution in [0.1, 0.15) is 48.9 Å². The van der Waals surface area contributed by atoms with Crippen molar-refractivity contribution in [3.8, 4) is 0 Å². The van der Waals surface area contributed by atoms with Crippen molar-refractivity contribution in [3.05, 3.63) is 16.3 Å². The number of rotatable bonds is 3. The number of aromatic nitrogens is 2. The van der Waals surface area contributed by atoms with Crippen molar-refractivity contribution in [3.63, 3.8) is 0 Å². The largest absolute Gasteiger partial charge is 0.370 e. The molecule has 1 aliphatic carbocycles. The van der Waals surface area contributed by atoms with E-state index in [-0.39, 0.29) is 0 Å². The van der Waals surface area contributed by atoms with E-state index in [4.69, 9.17) is 14.7 Å². The van der Waals surface area contributed by atoms with E-state index in [1.807, 2.05) is 11.3 Å². The van der Waals surface area contributed by atoms with Gasteiger partial charge in [-0.25, -0.2) is 9.97 Å². The lowest BCUT2D eigenvalue weighted by Gasteiger charge is -2.35. The summed E-state index contributed by atoms with van der Waals surface area (Å²) in [6, 6.07) is 0.586. The fraction of sp³-hybridized carbons (Fsp3) is 0.700. The fourth-order valence-electron chi connectivity index (χ4n) is 4.78. The summed E-state index contributed by atoms with van der Waals surface area (Å²) in [6.45, 7) is 8.29. The summed E-state index contributed by atoms with van der Waals surface area (Å²) >= 11 is 1.93. The average molecular weight is 374 g/mol. The van der Waals surface area contributed by atoms with Gasteiger partial charge in [-0.05, 0) is 51.0 Å². The molecule has 0 amide bonds. The van der Waals surface area contributed by atoms with E-state index in [2.05, 4.69) is 11.8 Å². The van der Waals surface area contributed by atoms with Crippen molar-refractivity contribution in [2.24, 2.45) is 0 Å². The van der Waals surface area contributed by atoms with Gasteiger partial charge in [0, 0.05) is 17.5 Å². The molecule has 140 valence electrons. The first-order valence-electron chi connectivity index (χ1n) is 10.3. The second kappa shape index (κ2) is 7.06. The lowest BCUT2D eigenvalue weighted by molar-refractivity contribution is -0.922. The van der Waals surface area contributed by atoms with E-state index in [9.17, 15) is 0 Å². The number of thiophene rings is 1. The Hall–Kier alpha value is -1.24. The van der Waals surface area contributed by atoms with E-state index in [0.717, 1.165) is 45.2 Å². The maximum absolute atomic E-state index is 5.51. The first-order valence-corrected chi connectivity index (χ1v) is 11.1. The number of hydrogen-bond donors (Lipinski definition) is 1. The minimum Gasteiger partial charge on any atom is -0.370 e. The number of fused-ring (bicyclic) bond motifs is 3. The molecule has 2 saturated heterocycles. The van der Waals surface area contributed by atoms with Gasteiger partial charge in [0.1, 0.15) is 30.3 Å². The van der Waals surface area contributed by atoms with Gasteiger partial charge in [0.2, 0.25) is 0 Å². The Kier molecular flexibility index (Phi) is 4.59. The van der Waals surface area contributed by atoms with Crippen LogP contribution in [-0.2, 0) is 24.1 Å². The molecule has 0 aromatic carbocycles. The molecule has 5 rings (SSSR count). The standard InChI is InChI=1S/C20H28N4OS/c1-14-5-2-3-8-24(14)19-18-15-6-4-7-16(15)26-20(18)22-17(21-19)13-23-9-11-25-12-10-23/h14H,2-13H2,1H3/p+1/t14-/m0/s1. The highest BCUT2D eigenvalue weighted by Gasteiger charge is 2.28. The number of aryl methyl sites for hydroxylation is 2. The zero-order chi connectivity index (χ0) is 17.5. The zero-order valence-electron chi connectivity index (χ0n) is 15.7. The first kappa shape index (κ1) is 16.9. The third kappa shape index (κ3) is 3.02. The Labute approximate surface area is 159 Å². The van der Waals surface area contributed by atoms with Crippen molar-refractivity contribution in [2.75, 3.05) is 37.7 Å². The number of nitrogens with one attached hydrogen (secondary N) is 1. The summed E-state index contributed by atoms with van der Waals surface area (Å²) in [4.78, 5) is 17.1. The summed E-state index contributed by atoms with van der Waals surface area (Å²) < 4.78 is 5.51. The van der Waals surface area contributed by atoms with Crippen LogP contribution in [0.4, 0.5) is 5.82 Å². The van der Waals surface area contributed by atoms with E-state index >= 15 is 0 Å². The predicted molar refractivity (Wildman–Crippen MR) is 105 cm³/mol. The quantitative estimate of drug-likeness (QED) is 0.893. The number of ether oxygens (including phenoxy) is 1. The van der Waals surface area contributed by atoms with Gasteiger partial charge >= 0.3 is 0 Å². The Morgan fingerprint density at radius 3 is 2.88 bits per heavy atom. The Morgan fingerprint density at radius 1 is 1.15 bits per heavy atom. The monoisotopic (exact) mass is 373 g/mol. The molecule has 5 nitrogen and oxygen atoms in total. The number of quaternary nitrogens is 1. The SMILES string of the molecule is C[C@H]1CCCCN1c1nc(C[NH+]2CCOCC2)nc2sc3c(c12)CCC3. The van der Waals surface area contributed by atoms with Crippen LogP contribution in [0.15, 0.2) is 0 Å². The first-order chi connectivity index (χ1) is 12.8. The van der Waals surface area contributed by atoms with Crippen LogP contribution in [0.2, 0.25) is 0 Å². The normalized spacial score (nSPS) is 24.3. The van der Waals surface area contributed by atoms with Crippen molar-refractivity contribution in [1.82, 2.24) is 9.97 Å². The number of nitrogens with zero attached hydrogens (tertiary/aromatic N) is 3. The van der Waals surface area contributed by atoms with Crippen LogP contribution in [0, 0.1) is 0 Å². The number of anilines is 1. The van der Waals surface area contributed by atoms with Gasteiger partial charge < -0.3 is 14.5 Å². The minimum atomic E-state index is 0.586. The molecule has 0 saturated carbocycles. The molecule has 2 aromatic rings. The van der Waals surface area contributed by atoms with Gasteiger partial charge in [0.05, 0.1) is 18.6 Å². The van der Waals surface area contributed by atoms with Gasteiger partial charge in [-0.1, -0.05) is 0 Å². The number of piperidine rings is 1. The van der Waals surface area contributed by atoms with Crippen LogP contribution in [0.25, 0.3) is 10.2 Å². The van der Waals surface area contributed by atoms with Crippen LogP contribution >= 0.6 is 11.3 Å². The summed E-state index contributed by atoms with van der Waals surface area (Å²) in [5, 5.41) is 1.39. The van der Waals surface area contributed by atoms with E-state index in [1.54, 1.807) is 15.3 Å². The van der Waals surface area contributed by atoms with Crippen LogP contribution in [0.3, 0.4) is 0 Å². The minimum absolute atomic E-state index is 0.586.